The summed E-state index contributed by atoms with van der Waals surface area (Å²) in [6.07, 6.45) is 4.90. The first kappa shape index (κ1) is 26.8. The van der Waals surface area contributed by atoms with Crippen molar-refractivity contribution in [2.75, 3.05) is 50.2 Å². The van der Waals surface area contributed by atoms with Crippen LogP contribution in [0.5, 0.6) is 0 Å². The van der Waals surface area contributed by atoms with E-state index in [-0.39, 0.29) is 30.4 Å². The van der Waals surface area contributed by atoms with Gasteiger partial charge in [0.2, 0.25) is 11.6 Å². The Bertz CT molecular complexity index is 867. The number of nitrogens with two attached hydrogens (primary N) is 1. The van der Waals surface area contributed by atoms with Gasteiger partial charge in [0, 0.05) is 13.2 Å². The fourth-order valence-corrected chi connectivity index (χ4v) is 3.81. The van der Waals surface area contributed by atoms with Crippen molar-refractivity contribution in [3.8, 4) is 0 Å². The Morgan fingerprint density at radius 3 is 2.45 bits per heavy atom. The zero-order valence-electron chi connectivity index (χ0n) is 19.5. The summed E-state index contributed by atoms with van der Waals surface area (Å²) in [4.78, 5) is 23.1. The molecule has 1 aliphatic heterocycles. The molecule has 10 nitrogen and oxygen atoms in total. The molecule has 1 aromatic heterocycles. The van der Waals surface area contributed by atoms with Crippen LogP contribution in [-0.2, 0) is 11.3 Å². The van der Waals surface area contributed by atoms with Crippen LogP contribution >= 0.6 is 11.8 Å². The minimum atomic E-state index is -1.13. The number of aliphatic hydroxyl groups is 1. The van der Waals surface area contributed by atoms with E-state index in [4.69, 9.17) is 10.5 Å². The molecule has 0 spiro atoms. The topological polar surface area (TPSA) is 131 Å². The van der Waals surface area contributed by atoms with Gasteiger partial charge in [-0.1, -0.05) is 48.5 Å². The smallest absolute Gasteiger partial charge is 0.353 e. The first-order valence-corrected chi connectivity index (χ1v) is 12.2. The maximum absolute atomic E-state index is 11.5. The molecule has 33 heavy (non-hydrogen) atoms. The maximum Gasteiger partial charge on any atom is 0.353 e. The molecule has 2 heterocycles. The Hall–Kier alpha value is -2.47. The lowest BCUT2D eigenvalue weighted by molar-refractivity contribution is -0.383. The highest BCUT2D eigenvalue weighted by Crippen LogP contribution is 2.33. The Morgan fingerprint density at radius 2 is 1.94 bits per heavy atom. The van der Waals surface area contributed by atoms with Crippen LogP contribution in [-0.4, -0.2) is 70.7 Å². The van der Waals surface area contributed by atoms with E-state index in [1.54, 1.807) is 18.1 Å². The summed E-state index contributed by atoms with van der Waals surface area (Å²) in [6.45, 7) is 4.98. The van der Waals surface area contributed by atoms with Gasteiger partial charge in [0.1, 0.15) is 0 Å². The number of hydrogen-bond donors (Lipinski definition) is 2. The molecule has 0 saturated carbocycles. The summed E-state index contributed by atoms with van der Waals surface area (Å²) >= 11 is 1.23. The lowest BCUT2D eigenvalue weighted by Crippen LogP contribution is -2.35. The number of benzene rings is 1. The number of nitro groups is 1. The summed E-state index contributed by atoms with van der Waals surface area (Å²) in [7, 11) is 2.19. The van der Waals surface area contributed by atoms with Crippen molar-refractivity contribution < 1.29 is 14.8 Å². The van der Waals surface area contributed by atoms with Crippen LogP contribution in [0.3, 0.4) is 0 Å². The second-order valence-electron chi connectivity index (χ2n) is 7.66. The van der Waals surface area contributed by atoms with Crippen molar-refractivity contribution in [1.29, 1.82) is 0 Å². The summed E-state index contributed by atoms with van der Waals surface area (Å²) in [5.74, 6) is -0.164. The number of thioether (sulfide) groups is 1. The SMILES string of the molecule is CCOC(O)CN(Cc1ccccc1)c1nc(SC)nc(N)c1[N+](=O)[O-].CN1CCCCC1. The molecule has 1 fully saturated rings. The number of likely N-dealkylation sites (tertiary alicyclic amines) is 1. The molecule has 0 aliphatic carbocycles. The second-order valence-corrected chi connectivity index (χ2v) is 8.44. The lowest BCUT2D eigenvalue weighted by Gasteiger charge is -2.26. The van der Waals surface area contributed by atoms with Crippen molar-refractivity contribution in [2.24, 2.45) is 0 Å². The summed E-state index contributed by atoms with van der Waals surface area (Å²) in [6, 6.07) is 9.36. The summed E-state index contributed by atoms with van der Waals surface area (Å²) < 4.78 is 5.18. The molecule has 0 bridgehead atoms. The second kappa shape index (κ2) is 13.9. The Balaban J connectivity index is 0.000000468. The molecular formula is C22H34N6O4S. The van der Waals surface area contributed by atoms with Crippen molar-refractivity contribution in [1.82, 2.24) is 14.9 Å². The molecule has 0 radical (unpaired) electrons. The van der Waals surface area contributed by atoms with Gasteiger partial charge in [-0.25, -0.2) is 0 Å². The minimum absolute atomic E-state index is 0.00610. The minimum Gasteiger partial charge on any atom is -0.378 e. The highest BCUT2D eigenvalue weighted by Gasteiger charge is 2.28. The molecule has 182 valence electrons. The van der Waals surface area contributed by atoms with Gasteiger partial charge in [0.25, 0.3) is 0 Å². The first-order chi connectivity index (χ1) is 15.8. The van der Waals surface area contributed by atoms with E-state index in [0.717, 1.165) is 5.56 Å². The van der Waals surface area contributed by atoms with Crippen LogP contribution in [0.2, 0.25) is 0 Å². The fourth-order valence-electron chi connectivity index (χ4n) is 3.44. The average molecular weight is 479 g/mol. The number of nitrogens with zero attached hydrogens (tertiary/aromatic N) is 5. The third-order valence-corrected chi connectivity index (χ3v) is 5.62. The predicted molar refractivity (Wildman–Crippen MR) is 131 cm³/mol. The molecule has 1 aliphatic rings. The molecule has 11 heteroatoms. The van der Waals surface area contributed by atoms with E-state index in [0.29, 0.717) is 11.8 Å². The third kappa shape index (κ3) is 8.77. The molecule has 3 N–H and O–H groups in total. The Morgan fingerprint density at radius 1 is 1.27 bits per heavy atom. The quantitative estimate of drug-likeness (QED) is 0.182. The molecule has 2 aromatic rings. The van der Waals surface area contributed by atoms with Crippen molar-refractivity contribution >= 4 is 29.1 Å². The zero-order chi connectivity index (χ0) is 24.2. The number of ether oxygens (including phenoxy) is 1. The van der Waals surface area contributed by atoms with Crippen LogP contribution < -0.4 is 10.6 Å². The van der Waals surface area contributed by atoms with Gasteiger partial charge >= 0.3 is 5.69 Å². The van der Waals surface area contributed by atoms with Crippen molar-refractivity contribution in [3.63, 3.8) is 0 Å². The molecular weight excluding hydrogens is 444 g/mol. The van der Waals surface area contributed by atoms with Gasteiger partial charge < -0.3 is 25.4 Å². The van der Waals surface area contributed by atoms with Gasteiger partial charge in [-0.05, 0) is 51.7 Å². The van der Waals surface area contributed by atoms with Crippen LogP contribution in [0, 0.1) is 10.1 Å². The summed E-state index contributed by atoms with van der Waals surface area (Å²) in [5, 5.41) is 21.9. The number of nitrogen functional groups attached to an aromatic ring is 1. The molecule has 1 aromatic carbocycles. The highest BCUT2D eigenvalue weighted by atomic mass is 32.2. The van der Waals surface area contributed by atoms with E-state index < -0.39 is 11.2 Å². The number of aromatic nitrogens is 2. The molecule has 1 atom stereocenters. The largest absolute Gasteiger partial charge is 0.378 e. The van der Waals surface area contributed by atoms with E-state index in [9.17, 15) is 15.2 Å². The predicted octanol–water partition coefficient (Wildman–Crippen LogP) is 3.15. The van der Waals surface area contributed by atoms with E-state index in [2.05, 4.69) is 21.9 Å². The first-order valence-electron chi connectivity index (χ1n) is 11.0. The van der Waals surface area contributed by atoms with Crippen LogP contribution in [0.1, 0.15) is 31.7 Å². The van der Waals surface area contributed by atoms with Gasteiger partial charge in [-0.3, -0.25) is 10.1 Å². The zero-order valence-corrected chi connectivity index (χ0v) is 20.3. The maximum atomic E-state index is 11.5. The van der Waals surface area contributed by atoms with E-state index >= 15 is 0 Å². The summed E-state index contributed by atoms with van der Waals surface area (Å²) in [5.41, 5.74) is 6.30. The van der Waals surface area contributed by atoms with Gasteiger partial charge in [-0.2, -0.15) is 9.97 Å². The Kier molecular flexibility index (Phi) is 11.3. The number of aliphatic hydroxyl groups excluding tert-OH is 1. The number of anilines is 2. The third-order valence-electron chi connectivity index (χ3n) is 5.07. The van der Waals surface area contributed by atoms with E-state index in [1.807, 2.05) is 30.3 Å². The monoisotopic (exact) mass is 478 g/mol. The average Bonchev–Trinajstić information content (AvgIpc) is 2.79. The van der Waals surface area contributed by atoms with Crippen LogP contribution in [0.15, 0.2) is 35.5 Å². The molecule has 1 unspecified atom stereocenters. The molecule has 3 rings (SSSR count). The van der Waals surface area contributed by atoms with Crippen molar-refractivity contribution in [2.45, 2.75) is 44.2 Å². The number of rotatable bonds is 9. The Labute approximate surface area is 199 Å². The molecule has 0 amide bonds. The van der Waals surface area contributed by atoms with Crippen LogP contribution in [0.4, 0.5) is 17.3 Å². The van der Waals surface area contributed by atoms with Gasteiger partial charge in [0.15, 0.2) is 11.4 Å². The standard InChI is InChI=1S/C16H21N5O4S.C6H13N/c1-3-25-12(22)10-20(9-11-7-5-4-6-8-11)15-13(21(23)24)14(17)18-16(19-15)26-2;1-7-5-3-2-4-6-7/h4-8,12,22H,3,9-10H2,1-2H3,(H2,17,18,19);2-6H2,1H3. The van der Waals surface area contributed by atoms with E-state index in [1.165, 1.54) is 44.1 Å². The van der Waals surface area contributed by atoms with Crippen LogP contribution in [0.25, 0.3) is 0 Å². The van der Waals surface area contributed by atoms with Gasteiger partial charge in [0.05, 0.1) is 11.5 Å². The number of hydrogen-bond acceptors (Lipinski definition) is 10. The van der Waals surface area contributed by atoms with Crippen molar-refractivity contribution in [3.05, 3.63) is 46.0 Å². The normalized spacial score (nSPS) is 14.8. The fraction of sp³-hybridized carbons (Fsp3) is 0.545. The highest BCUT2D eigenvalue weighted by molar-refractivity contribution is 7.98. The molecule has 1 saturated heterocycles. The number of piperidine rings is 1. The lowest BCUT2D eigenvalue weighted by atomic mass is 10.1. The van der Waals surface area contributed by atoms with Gasteiger partial charge in [-0.15, -0.1) is 0 Å².